The van der Waals surface area contributed by atoms with Crippen LogP contribution in [0.25, 0.3) is 0 Å². The Labute approximate surface area is 231 Å². The molecule has 1 saturated heterocycles. The van der Waals surface area contributed by atoms with Gasteiger partial charge in [0.05, 0.1) is 30.1 Å². The lowest BCUT2D eigenvalue weighted by atomic mass is 10.2. The fourth-order valence-corrected chi connectivity index (χ4v) is 6.70. The molecule has 0 unspecified atom stereocenters. The molecule has 1 aliphatic rings. The molecule has 2 aromatic heterocycles. The van der Waals surface area contributed by atoms with Crippen molar-refractivity contribution in [2.24, 2.45) is 0 Å². The number of carbonyl (C=O) groups excluding carboxylic acids is 1. The van der Waals surface area contributed by atoms with Gasteiger partial charge in [-0.05, 0) is 39.3 Å². The minimum atomic E-state index is -3.30. The Bertz CT molecular complexity index is 1300. The number of para-hydroxylation sites is 1. The van der Waals surface area contributed by atoms with Crippen molar-refractivity contribution < 1.29 is 18.4 Å². The lowest BCUT2D eigenvalue weighted by Crippen LogP contribution is -2.45. The van der Waals surface area contributed by atoms with E-state index >= 15 is 0 Å². The Morgan fingerprint density at radius 1 is 1.13 bits per heavy atom. The van der Waals surface area contributed by atoms with Gasteiger partial charge in [-0.25, -0.2) is 24.2 Å². The zero-order valence-corrected chi connectivity index (χ0v) is 24.2. The largest absolute Gasteiger partial charge is 0.408 e. The molecule has 1 aromatic carbocycles. The van der Waals surface area contributed by atoms with Crippen LogP contribution in [0.2, 0.25) is 5.02 Å². The number of nitrogens with one attached hydrogen (secondary N) is 2. The van der Waals surface area contributed by atoms with E-state index in [9.17, 15) is 9.36 Å². The minimum Gasteiger partial charge on any atom is -0.354 e. The third-order valence-corrected chi connectivity index (χ3v) is 9.25. The average molecular weight is 580 g/mol. The summed E-state index contributed by atoms with van der Waals surface area (Å²) >= 11 is 7.45. The summed E-state index contributed by atoms with van der Waals surface area (Å²) in [4.78, 5) is 28.7. The molecular formula is C24H31ClN7O4PS. The predicted molar refractivity (Wildman–Crippen MR) is 151 cm³/mol. The monoisotopic (exact) mass is 579 g/mol. The normalized spacial score (nSPS) is 14.5. The molecule has 1 fully saturated rings. The van der Waals surface area contributed by atoms with Crippen LogP contribution in [0, 0.1) is 13.8 Å². The van der Waals surface area contributed by atoms with Crippen molar-refractivity contribution in [2.45, 2.75) is 27.7 Å². The molecule has 0 bridgehead atoms. The Balaban J connectivity index is 1.42. The molecule has 0 saturated carbocycles. The molecule has 204 valence electrons. The molecule has 3 heterocycles. The number of hydrogen-bond acceptors (Lipinski definition) is 10. The number of carbonyl (C=O) groups is 1. The number of aryl methyl sites for hydroxylation is 2. The van der Waals surface area contributed by atoms with Gasteiger partial charge in [0.15, 0.2) is 5.13 Å². The highest BCUT2D eigenvalue weighted by Crippen LogP contribution is 2.52. The number of hydrogen-bond donors (Lipinski definition) is 2. The highest BCUT2D eigenvalue weighted by Gasteiger charge is 2.35. The van der Waals surface area contributed by atoms with Gasteiger partial charge >= 0.3 is 7.75 Å². The topological polar surface area (TPSA) is 122 Å². The van der Waals surface area contributed by atoms with E-state index in [0.29, 0.717) is 71.8 Å². The van der Waals surface area contributed by atoms with E-state index in [-0.39, 0.29) is 5.91 Å². The van der Waals surface area contributed by atoms with E-state index in [1.165, 1.54) is 17.5 Å². The number of nitrogens with zero attached hydrogens (tertiary/aromatic N) is 5. The van der Waals surface area contributed by atoms with Gasteiger partial charge in [-0.2, -0.15) is 0 Å². The highest BCUT2D eigenvalue weighted by atomic mass is 35.5. The SMILES string of the molecule is CCOP(=O)(OCC)N1CCN(c2cc(Nc3ncc(C(=O)Nc4c(C)cccc4Cl)s3)nc(C)n2)CC1. The van der Waals surface area contributed by atoms with Crippen LogP contribution < -0.4 is 15.5 Å². The van der Waals surface area contributed by atoms with Crippen LogP contribution in [-0.4, -0.2) is 64.9 Å². The Morgan fingerprint density at radius 3 is 2.50 bits per heavy atom. The average Bonchev–Trinajstić information content (AvgIpc) is 3.35. The first-order valence-electron chi connectivity index (χ1n) is 12.3. The van der Waals surface area contributed by atoms with E-state index in [0.717, 1.165) is 11.4 Å². The van der Waals surface area contributed by atoms with Gasteiger partial charge < -0.3 is 15.5 Å². The van der Waals surface area contributed by atoms with Crippen molar-refractivity contribution in [2.75, 3.05) is 54.9 Å². The zero-order chi connectivity index (χ0) is 27.3. The third kappa shape index (κ3) is 6.69. The smallest absolute Gasteiger partial charge is 0.354 e. The maximum Gasteiger partial charge on any atom is 0.408 e. The first-order chi connectivity index (χ1) is 18.2. The first kappa shape index (κ1) is 28.4. The first-order valence-corrected chi connectivity index (χ1v) is 15.0. The number of amides is 1. The summed E-state index contributed by atoms with van der Waals surface area (Å²) in [5.74, 6) is 1.60. The molecule has 11 nitrogen and oxygen atoms in total. The number of aromatic nitrogens is 3. The van der Waals surface area contributed by atoms with Crippen LogP contribution in [0.1, 0.15) is 34.9 Å². The molecule has 38 heavy (non-hydrogen) atoms. The zero-order valence-electron chi connectivity index (χ0n) is 21.7. The van der Waals surface area contributed by atoms with E-state index in [2.05, 4.69) is 30.5 Å². The van der Waals surface area contributed by atoms with Crippen LogP contribution in [-0.2, 0) is 13.6 Å². The summed E-state index contributed by atoms with van der Waals surface area (Å²) in [7, 11) is -3.30. The van der Waals surface area contributed by atoms with Crippen molar-refractivity contribution in [3.8, 4) is 0 Å². The summed E-state index contributed by atoms with van der Waals surface area (Å²) < 4.78 is 25.8. The van der Waals surface area contributed by atoms with Gasteiger partial charge in [-0.1, -0.05) is 35.1 Å². The number of piperazine rings is 1. The molecule has 4 rings (SSSR count). The third-order valence-electron chi connectivity index (χ3n) is 5.76. The number of benzene rings is 1. The summed E-state index contributed by atoms with van der Waals surface area (Å²) in [5, 5.41) is 7.04. The van der Waals surface area contributed by atoms with Crippen molar-refractivity contribution in [3.05, 3.63) is 51.7 Å². The summed E-state index contributed by atoms with van der Waals surface area (Å²) in [6.45, 7) is 10.2. The van der Waals surface area contributed by atoms with Gasteiger partial charge in [-0.15, -0.1) is 0 Å². The maximum atomic E-state index is 13.1. The van der Waals surface area contributed by atoms with E-state index in [4.69, 9.17) is 20.6 Å². The molecule has 0 atom stereocenters. The summed E-state index contributed by atoms with van der Waals surface area (Å²) in [6, 6.07) is 7.28. The van der Waals surface area contributed by atoms with Crippen molar-refractivity contribution >= 4 is 59.0 Å². The van der Waals surface area contributed by atoms with Crippen LogP contribution >= 0.6 is 30.7 Å². The lowest BCUT2D eigenvalue weighted by molar-refractivity contribution is 0.103. The highest BCUT2D eigenvalue weighted by molar-refractivity contribution is 7.51. The van der Waals surface area contributed by atoms with Crippen LogP contribution in [0.15, 0.2) is 30.5 Å². The minimum absolute atomic E-state index is 0.291. The Morgan fingerprint density at radius 2 is 1.84 bits per heavy atom. The van der Waals surface area contributed by atoms with E-state index < -0.39 is 7.75 Å². The van der Waals surface area contributed by atoms with Gasteiger partial charge in [-0.3, -0.25) is 13.8 Å². The van der Waals surface area contributed by atoms with Gasteiger partial charge in [0.2, 0.25) is 0 Å². The number of halogens is 1. The summed E-state index contributed by atoms with van der Waals surface area (Å²) in [6.07, 6.45) is 1.51. The van der Waals surface area contributed by atoms with Crippen LogP contribution in [0.3, 0.4) is 0 Å². The van der Waals surface area contributed by atoms with Gasteiger partial charge in [0.1, 0.15) is 22.3 Å². The quantitative estimate of drug-likeness (QED) is 0.298. The standard InChI is InChI=1S/C24H31ClN7O4PS/c1-5-35-37(34,36-6-2)32-12-10-31(11-13-32)21-14-20(27-17(4)28-21)29-24-26-15-19(38-24)23(33)30-22-16(3)8-7-9-18(22)25/h7-9,14-15H,5-6,10-13H2,1-4H3,(H,30,33)(H,26,27,28,29). The molecule has 0 radical (unpaired) electrons. The molecule has 0 aliphatic carbocycles. The van der Waals surface area contributed by atoms with Crippen molar-refractivity contribution in [3.63, 3.8) is 0 Å². The van der Waals surface area contributed by atoms with E-state index in [1.807, 2.05) is 32.0 Å². The molecule has 1 aliphatic heterocycles. The van der Waals surface area contributed by atoms with Crippen LogP contribution in [0.5, 0.6) is 0 Å². The lowest BCUT2D eigenvalue weighted by Gasteiger charge is -2.37. The second-order valence-electron chi connectivity index (χ2n) is 8.44. The number of thiazole rings is 1. The van der Waals surface area contributed by atoms with Crippen molar-refractivity contribution in [1.82, 2.24) is 19.6 Å². The summed E-state index contributed by atoms with van der Waals surface area (Å²) in [5.41, 5.74) is 1.45. The number of rotatable bonds is 10. The van der Waals surface area contributed by atoms with Gasteiger partial charge in [0, 0.05) is 32.2 Å². The Hall–Kier alpha value is -2.60. The second kappa shape index (κ2) is 12.5. The fourth-order valence-electron chi connectivity index (χ4n) is 3.99. The molecule has 14 heteroatoms. The predicted octanol–water partition coefficient (Wildman–Crippen LogP) is 5.50. The molecule has 0 spiro atoms. The molecule has 2 N–H and O–H groups in total. The van der Waals surface area contributed by atoms with E-state index in [1.54, 1.807) is 24.6 Å². The van der Waals surface area contributed by atoms with Crippen LogP contribution in [0.4, 0.5) is 22.5 Å². The molecular weight excluding hydrogens is 549 g/mol. The second-order valence-corrected chi connectivity index (χ2v) is 11.9. The molecule has 1 amide bonds. The molecule has 3 aromatic rings. The number of anilines is 4. The van der Waals surface area contributed by atoms with Gasteiger partial charge in [0.25, 0.3) is 5.91 Å². The maximum absolute atomic E-state index is 13.1. The van der Waals surface area contributed by atoms with Crippen molar-refractivity contribution in [1.29, 1.82) is 0 Å². The fraction of sp³-hybridized carbons (Fsp3) is 0.417. The Kier molecular flexibility index (Phi) is 9.35.